The summed E-state index contributed by atoms with van der Waals surface area (Å²) in [5, 5.41) is 16.3. The SMILES string of the molecule is Cc1ccc(CC(C(=O)Nc2ccccc2F)c2nn[nH]n2)cc1. The maximum absolute atomic E-state index is 13.8. The number of nitrogens with one attached hydrogen (secondary N) is 2. The summed E-state index contributed by atoms with van der Waals surface area (Å²) in [7, 11) is 0. The van der Waals surface area contributed by atoms with Gasteiger partial charge in [0.25, 0.3) is 0 Å². The molecular formula is C17H16FN5O. The summed E-state index contributed by atoms with van der Waals surface area (Å²) in [5.41, 5.74) is 2.21. The molecule has 24 heavy (non-hydrogen) atoms. The molecule has 0 saturated carbocycles. The van der Waals surface area contributed by atoms with Crippen molar-refractivity contribution in [2.24, 2.45) is 0 Å². The molecule has 0 radical (unpaired) electrons. The zero-order chi connectivity index (χ0) is 16.9. The van der Waals surface area contributed by atoms with Crippen LogP contribution in [-0.2, 0) is 11.2 Å². The lowest BCUT2D eigenvalue weighted by Crippen LogP contribution is -2.24. The summed E-state index contributed by atoms with van der Waals surface area (Å²) in [6.45, 7) is 1.99. The topological polar surface area (TPSA) is 83.6 Å². The van der Waals surface area contributed by atoms with E-state index in [0.717, 1.165) is 11.1 Å². The minimum atomic E-state index is -0.675. The molecule has 3 aromatic rings. The number of aromatic nitrogens is 4. The van der Waals surface area contributed by atoms with Crippen LogP contribution in [0.3, 0.4) is 0 Å². The first kappa shape index (κ1) is 15.8. The molecule has 1 atom stereocenters. The number of aryl methyl sites for hydroxylation is 1. The molecule has 2 N–H and O–H groups in total. The third-order valence-electron chi connectivity index (χ3n) is 3.68. The van der Waals surface area contributed by atoms with Gasteiger partial charge in [-0.1, -0.05) is 47.2 Å². The third kappa shape index (κ3) is 3.62. The fraction of sp³-hybridized carbons (Fsp3) is 0.176. The molecule has 0 aliphatic carbocycles. The molecule has 0 bridgehead atoms. The average molecular weight is 325 g/mol. The van der Waals surface area contributed by atoms with Gasteiger partial charge in [0.1, 0.15) is 11.7 Å². The predicted octanol–water partition coefficient (Wildman–Crippen LogP) is 2.61. The van der Waals surface area contributed by atoms with Gasteiger partial charge in [0.15, 0.2) is 5.82 Å². The van der Waals surface area contributed by atoms with Gasteiger partial charge in [-0.2, -0.15) is 5.21 Å². The number of nitrogens with zero attached hydrogens (tertiary/aromatic N) is 3. The maximum atomic E-state index is 13.8. The highest BCUT2D eigenvalue weighted by Gasteiger charge is 2.26. The second kappa shape index (κ2) is 6.99. The summed E-state index contributed by atoms with van der Waals surface area (Å²) in [4.78, 5) is 12.6. The number of tetrazole rings is 1. The normalized spacial score (nSPS) is 11.9. The largest absolute Gasteiger partial charge is 0.323 e. The van der Waals surface area contributed by atoms with Crippen LogP contribution in [-0.4, -0.2) is 26.5 Å². The van der Waals surface area contributed by atoms with Crippen LogP contribution in [0.25, 0.3) is 0 Å². The van der Waals surface area contributed by atoms with Crippen molar-refractivity contribution in [3.63, 3.8) is 0 Å². The summed E-state index contributed by atoms with van der Waals surface area (Å²) in [6.07, 6.45) is 0.389. The van der Waals surface area contributed by atoms with Crippen molar-refractivity contribution >= 4 is 11.6 Å². The second-order valence-corrected chi connectivity index (χ2v) is 5.48. The standard InChI is InChI=1S/C17H16FN5O/c1-11-6-8-12(9-7-11)10-13(16-20-22-23-21-16)17(24)19-15-5-3-2-4-14(15)18/h2-9,13H,10H2,1H3,(H,19,24)(H,20,21,22,23). The fourth-order valence-electron chi connectivity index (χ4n) is 2.36. The molecule has 0 spiro atoms. The summed E-state index contributed by atoms with van der Waals surface area (Å²) in [6, 6.07) is 13.8. The number of H-pyrrole nitrogens is 1. The Kier molecular flexibility index (Phi) is 4.60. The Labute approximate surface area is 138 Å². The number of hydrogen-bond acceptors (Lipinski definition) is 4. The highest BCUT2D eigenvalue weighted by atomic mass is 19.1. The predicted molar refractivity (Wildman–Crippen MR) is 86.8 cm³/mol. The van der Waals surface area contributed by atoms with E-state index in [1.807, 2.05) is 31.2 Å². The van der Waals surface area contributed by atoms with Gasteiger partial charge in [0, 0.05) is 0 Å². The van der Waals surface area contributed by atoms with Crippen molar-refractivity contribution in [2.45, 2.75) is 19.3 Å². The number of benzene rings is 2. The number of anilines is 1. The van der Waals surface area contributed by atoms with Gasteiger partial charge >= 0.3 is 0 Å². The van der Waals surface area contributed by atoms with E-state index in [-0.39, 0.29) is 17.4 Å². The quantitative estimate of drug-likeness (QED) is 0.755. The molecule has 0 saturated heterocycles. The Morgan fingerprint density at radius 3 is 2.62 bits per heavy atom. The van der Waals surface area contributed by atoms with E-state index >= 15 is 0 Å². The first-order valence-electron chi connectivity index (χ1n) is 7.48. The molecular weight excluding hydrogens is 309 g/mol. The van der Waals surface area contributed by atoms with Crippen molar-refractivity contribution in [3.8, 4) is 0 Å². The second-order valence-electron chi connectivity index (χ2n) is 5.48. The molecule has 1 unspecified atom stereocenters. The Balaban J connectivity index is 1.83. The minimum absolute atomic E-state index is 0.125. The highest BCUT2D eigenvalue weighted by Crippen LogP contribution is 2.21. The van der Waals surface area contributed by atoms with Crippen LogP contribution in [0.1, 0.15) is 22.9 Å². The summed E-state index contributed by atoms with van der Waals surface area (Å²) >= 11 is 0. The van der Waals surface area contributed by atoms with E-state index in [9.17, 15) is 9.18 Å². The molecule has 122 valence electrons. The Bertz CT molecular complexity index is 817. The van der Waals surface area contributed by atoms with Gasteiger partial charge in [-0.25, -0.2) is 4.39 Å². The van der Waals surface area contributed by atoms with Crippen molar-refractivity contribution < 1.29 is 9.18 Å². The average Bonchev–Trinajstić information content (AvgIpc) is 3.10. The van der Waals surface area contributed by atoms with Crippen molar-refractivity contribution in [1.82, 2.24) is 20.6 Å². The van der Waals surface area contributed by atoms with Crippen molar-refractivity contribution in [1.29, 1.82) is 0 Å². The lowest BCUT2D eigenvalue weighted by Gasteiger charge is -2.14. The molecule has 6 nitrogen and oxygen atoms in total. The van der Waals surface area contributed by atoms with Crippen LogP contribution >= 0.6 is 0 Å². The summed E-state index contributed by atoms with van der Waals surface area (Å²) < 4.78 is 13.8. The lowest BCUT2D eigenvalue weighted by molar-refractivity contribution is -0.117. The summed E-state index contributed by atoms with van der Waals surface area (Å²) in [5.74, 6) is -1.29. The molecule has 0 aliphatic rings. The first-order chi connectivity index (χ1) is 11.6. The smallest absolute Gasteiger partial charge is 0.235 e. The molecule has 1 amide bonds. The van der Waals surface area contributed by atoms with Gasteiger partial charge < -0.3 is 5.32 Å². The van der Waals surface area contributed by atoms with E-state index in [1.165, 1.54) is 12.1 Å². The number of para-hydroxylation sites is 1. The Hall–Kier alpha value is -3.09. The monoisotopic (exact) mass is 325 g/mol. The molecule has 0 aliphatic heterocycles. The van der Waals surface area contributed by atoms with Crippen LogP contribution in [0.2, 0.25) is 0 Å². The number of aromatic amines is 1. The van der Waals surface area contributed by atoms with E-state index in [0.29, 0.717) is 6.42 Å². The Morgan fingerprint density at radius 1 is 1.21 bits per heavy atom. The van der Waals surface area contributed by atoms with Crippen LogP contribution in [0.5, 0.6) is 0 Å². The van der Waals surface area contributed by atoms with E-state index in [4.69, 9.17) is 0 Å². The third-order valence-corrected chi connectivity index (χ3v) is 3.68. The lowest BCUT2D eigenvalue weighted by atomic mass is 9.97. The van der Waals surface area contributed by atoms with E-state index in [1.54, 1.807) is 12.1 Å². The zero-order valence-corrected chi connectivity index (χ0v) is 13.0. The van der Waals surface area contributed by atoms with Gasteiger partial charge in [0.2, 0.25) is 5.91 Å². The molecule has 7 heteroatoms. The first-order valence-corrected chi connectivity index (χ1v) is 7.48. The number of carbonyl (C=O) groups excluding carboxylic acids is 1. The van der Waals surface area contributed by atoms with Crippen molar-refractivity contribution in [2.75, 3.05) is 5.32 Å². The molecule has 1 heterocycles. The van der Waals surface area contributed by atoms with Crippen molar-refractivity contribution in [3.05, 3.63) is 71.3 Å². The molecule has 1 aromatic heterocycles. The van der Waals surface area contributed by atoms with Crippen LogP contribution in [0, 0.1) is 12.7 Å². The molecule has 3 rings (SSSR count). The van der Waals surface area contributed by atoms with Crippen LogP contribution in [0.4, 0.5) is 10.1 Å². The van der Waals surface area contributed by atoms with E-state index < -0.39 is 11.7 Å². The van der Waals surface area contributed by atoms with Crippen LogP contribution < -0.4 is 5.32 Å². The maximum Gasteiger partial charge on any atom is 0.235 e. The minimum Gasteiger partial charge on any atom is -0.323 e. The number of hydrogen-bond donors (Lipinski definition) is 2. The highest BCUT2D eigenvalue weighted by molar-refractivity contribution is 5.95. The van der Waals surface area contributed by atoms with Gasteiger partial charge in [0.05, 0.1) is 5.69 Å². The Morgan fingerprint density at radius 2 is 1.96 bits per heavy atom. The number of carbonyl (C=O) groups is 1. The molecule has 0 fully saturated rings. The zero-order valence-electron chi connectivity index (χ0n) is 13.0. The number of halogens is 1. The van der Waals surface area contributed by atoms with Crippen LogP contribution in [0.15, 0.2) is 48.5 Å². The number of amides is 1. The number of rotatable bonds is 5. The van der Waals surface area contributed by atoms with Gasteiger partial charge in [-0.15, -0.1) is 10.2 Å². The van der Waals surface area contributed by atoms with E-state index in [2.05, 4.69) is 25.9 Å². The van der Waals surface area contributed by atoms with Gasteiger partial charge in [-0.3, -0.25) is 4.79 Å². The molecule has 2 aromatic carbocycles. The fourth-order valence-corrected chi connectivity index (χ4v) is 2.36. The van der Waals surface area contributed by atoms with Gasteiger partial charge in [-0.05, 0) is 31.0 Å².